The van der Waals surface area contributed by atoms with Gasteiger partial charge in [-0.25, -0.2) is 0 Å². The zero-order valence-corrected chi connectivity index (χ0v) is 5.97. The molecule has 0 rings (SSSR count). The van der Waals surface area contributed by atoms with Crippen molar-refractivity contribution in [2.75, 3.05) is 0 Å². The fraction of sp³-hybridized carbons (Fsp3) is 0.667. The lowest BCUT2D eigenvalue weighted by Gasteiger charge is -2.06. The molecule has 0 saturated carbocycles. The predicted molar refractivity (Wildman–Crippen MR) is 37.4 cm³/mol. The van der Waals surface area contributed by atoms with E-state index in [-0.39, 0.29) is 5.41 Å². The molecule has 3 heteroatoms. The molecule has 0 unspecified atom stereocenters. The van der Waals surface area contributed by atoms with E-state index in [0.29, 0.717) is 0 Å². The highest BCUT2D eigenvalue weighted by molar-refractivity contribution is 6.51. The molecular weight excluding hydrogens is 115 g/mol. The Kier molecular flexibility index (Phi) is 2.76. The number of rotatable bonds is 0. The molecular formula is C6H11BO2. The molecule has 0 saturated heterocycles. The lowest BCUT2D eigenvalue weighted by atomic mass is 9.89. The van der Waals surface area contributed by atoms with E-state index >= 15 is 0 Å². The largest absolute Gasteiger partial charge is 0.544 e. The van der Waals surface area contributed by atoms with E-state index < -0.39 is 7.12 Å². The van der Waals surface area contributed by atoms with Crippen molar-refractivity contribution >= 4 is 7.12 Å². The molecule has 0 aromatic heterocycles. The molecule has 0 aromatic carbocycles. The number of hydrogen-bond donors (Lipinski definition) is 2. The van der Waals surface area contributed by atoms with E-state index in [1.165, 1.54) is 0 Å². The van der Waals surface area contributed by atoms with Crippen LogP contribution in [0.25, 0.3) is 0 Å². The summed E-state index contributed by atoms with van der Waals surface area (Å²) < 4.78 is 0. The second-order valence-electron chi connectivity index (χ2n) is 2.89. The molecule has 0 spiro atoms. The van der Waals surface area contributed by atoms with Gasteiger partial charge in [-0.05, 0) is 20.8 Å². The minimum atomic E-state index is -1.50. The Morgan fingerprint density at radius 1 is 1.22 bits per heavy atom. The van der Waals surface area contributed by atoms with Crippen LogP contribution in [0.3, 0.4) is 0 Å². The standard InChI is InChI=1S/C6H11BO2/c1-6(2,3)4-5-7(8)9/h8-9H,1-3H3. The van der Waals surface area contributed by atoms with Crippen LogP contribution in [-0.2, 0) is 0 Å². The minimum Gasteiger partial charge on any atom is -0.416 e. The zero-order chi connectivity index (χ0) is 7.49. The van der Waals surface area contributed by atoms with E-state index in [2.05, 4.69) is 11.7 Å². The van der Waals surface area contributed by atoms with Crippen molar-refractivity contribution in [1.82, 2.24) is 0 Å². The summed E-state index contributed by atoms with van der Waals surface area (Å²) in [5.74, 6) is 4.92. The van der Waals surface area contributed by atoms with Crippen LogP contribution >= 0.6 is 0 Å². The molecule has 2 N–H and O–H groups in total. The van der Waals surface area contributed by atoms with Crippen molar-refractivity contribution in [1.29, 1.82) is 0 Å². The zero-order valence-electron chi connectivity index (χ0n) is 5.97. The average Bonchev–Trinajstić information content (AvgIpc) is 1.59. The molecule has 0 amide bonds. The fourth-order valence-electron chi connectivity index (χ4n) is 0.281. The summed E-state index contributed by atoms with van der Waals surface area (Å²) in [5.41, 5.74) is -0.149. The van der Waals surface area contributed by atoms with Gasteiger partial charge in [-0.2, -0.15) is 0 Å². The van der Waals surface area contributed by atoms with E-state index in [0.717, 1.165) is 0 Å². The van der Waals surface area contributed by atoms with Gasteiger partial charge in [0.05, 0.1) is 0 Å². The SMILES string of the molecule is CC(C)(C)C#CB(O)O. The molecule has 0 bridgehead atoms. The molecule has 0 heterocycles. The van der Waals surface area contributed by atoms with E-state index in [4.69, 9.17) is 10.0 Å². The monoisotopic (exact) mass is 126 g/mol. The van der Waals surface area contributed by atoms with Gasteiger partial charge in [0.2, 0.25) is 0 Å². The van der Waals surface area contributed by atoms with Crippen LogP contribution in [0, 0.1) is 17.2 Å². The topological polar surface area (TPSA) is 40.5 Å². The molecule has 0 aliphatic carbocycles. The Morgan fingerprint density at radius 3 is 1.78 bits per heavy atom. The molecule has 9 heavy (non-hydrogen) atoms. The summed E-state index contributed by atoms with van der Waals surface area (Å²) in [6.07, 6.45) is 0. The molecule has 0 radical (unpaired) electrons. The highest BCUT2D eigenvalue weighted by Gasteiger charge is 2.05. The van der Waals surface area contributed by atoms with Gasteiger partial charge in [-0.15, -0.1) is 5.92 Å². The first-order valence-electron chi connectivity index (χ1n) is 2.81. The third-order valence-electron chi connectivity index (χ3n) is 0.576. The Bertz CT molecular complexity index is 135. The fourth-order valence-corrected chi connectivity index (χ4v) is 0.281. The summed E-state index contributed by atoms with van der Waals surface area (Å²) >= 11 is 0. The highest BCUT2D eigenvalue weighted by atomic mass is 16.4. The summed E-state index contributed by atoms with van der Waals surface area (Å²) in [7, 11) is -1.50. The lowest BCUT2D eigenvalue weighted by Crippen LogP contribution is -2.09. The minimum absolute atomic E-state index is 0.149. The van der Waals surface area contributed by atoms with Gasteiger partial charge in [0.1, 0.15) is 0 Å². The van der Waals surface area contributed by atoms with Gasteiger partial charge in [0.15, 0.2) is 0 Å². The van der Waals surface area contributed by atoms with Crippen LogP contribution in [-0.4, -0.2) is 17.2 Å². The van der Waals surface area contributed by atoms with Crippen LogP contribution in [0.2, 0.25) is 0 Å². The van der Waals surface area contributed by atoms with Gasteiger partial charge >= 0.3 is 7.12 Å². The van der Waals surface area contributed by atoms with E-state index in [1.807, 2.05) is 20.8 Å². The van der Waals surface area contributed by atoms with Crippen molar-refractivity contribution in [3.05, 3.63) is 0 Å². The maximum absolute atomic E-state index is 8.30. The Labute approximate surface area is 56.0 Å². The second kappa shape index (κ2) is 2.91. The molecule has 0 fully saturated rings. The molecule has 0 aliphatic heterocycles. The first-order chi connectivity index (χ1) is 3.92. The third-order valence-corrected chi connectivity index (χ3v) is 0.576. The van der Waals surface area contributed by atoms with Crippen LogP contribution in [0.5, 0.6) is 0 Å². The molecule has 2 nitrogen and oxygen atoms in total. The van der Waals surface area contributed by atoms with Gasteiger partial charge in [-0.1, -0.05) is 5.82 Å². The van der Waals surface area contributed by atoms with Crippen molar-refractivity contribution in [2.24, 2.45) is 5.41 Å². The summed E-state index contributed by atoms with van der Waals surface area (Å²) in [6.45, 7) is 5.72. The van der Waals surface area contributed by atoms with E-state index in [9.17, 15) is 0 Å². The van der Waals surface area contributed by atoms with Gasteiger partial charge in [-0.3, -0.25) is 0 Å². The summed E-state index contributed by atoms with van der Waals surface area (Å²) in [6, 6.07) is 0. The molecule has 0 aromatic rings. The van der Waals surface area contributed by atoms with Crippen LogP contribution in [0.1, 0.15) is 20.8 Å². The average molecular weight is 126 g/mol. The Morgan fingerprint density at radius 2 is 1.67 bits per heavy atom. The molecule has 0 aliphatic rings. The van der Waals surface area contributed by atoms with Crippen LogP contribution in [0.4, 0.5) is 0 Å². The van der Waals surface area contributed by atoms with Gasteiger partial charge in [0.25, 0.3) is 0 Å². The van der Waals surface area contributed by atoms with Gasteiger partial charge < -0.3 is 10.0 Å². The third kappa shape index (κ3) is 7.54. The second-order valence-corrected chi connectivity index (χ2v) is 2.89. The Balaban J connectivity index is 3.88. The quantitative estimate of drug-likeness (QED) is 0.355. The smallest absolute Gasteiger partial charge is 0.416 e. The van der Waals surface area contributed by atoms with Crippen LogP contribution in [0.15, 0.2) is 0 Å². The van der Waals surface area contributed by atoms with Crippen molar-refractivity contribution < 1.29 is 10.0 Å². The summed E-state index contributed by atoms with van der Waals surface area (Å²) in [5, 5.41) is 16.6. The lowest BCUT2D eigenvalue weighted by molar-refractivity contribution is 0.427. The van der Waals surface area contributed by atoms with Crippen LogP contribution < -0.4 is 0 Å². The maximum Gasteiger partial charge on any atom is 0.544 e. The van der Waals surface area contributed by atoms with Crippen molar-refractivity contribution in [3.8, 4) is 11.7 Å². The van der Waals surface area contributed by atoms with Gasteiger partial charge in [0, 0.05) is 5.41 Å². The van der Waals surface area contributed by atoms with Crippen molar-refractivity contribution in [2.45, 2.75) is 20.8 Å². The first kappa shape index (κ1) is 8.54. The molecule has 0 atom stereocenters. The highest BCUT2D eigenvalue weighted by Crippen LogP contribution is 2.09. The maximum atomic E-state index is 8.30. The van der Waals surface area contributed by atoms with Crippen molar-refractivity contribution in [3.63, 3.8) is 0 Å². The summed E-state index contributed by atoms with van der Waals surface area (Å²) in [4.78, 5) is 0. The van der Waals surface area contributed by atoms with E-state index in [1.54, 1.807) is 0 Å². The number of hydrogen-bond acceptors (Lipinski definition) is 2. The first-order valence-corrected chi connectivity index (χ1v) is 2.81. The molecule has 50 valence electrons. The predicted octanol–water partition coefficient (Wildman–Crippen LogP) is 0.0479. The normalized spacial score (nSPS) is 9.89. The Hall–Kier alpha value is -0.455.